The third-order valence-electron chi connectivity index (χ3n) is 4.14. The molecule has 0 bridgehead atoms. The van der Waals surface area contributed by atoms with Crippen molar-refractivity contribution in [2.45, 2.75) is 20.0 Å². The summed E-state index contributed by atoms with van der Waals surface area (Å²) in [5.74, 6) is -0.979. The Bertz CT molecular complexity index is 935. The number of carbonyl (C=O) groups is 2. The molecule has 6 nitrogen and oxygen atoms in total. The maximum atomic E-state index is 14.0. The van der Waals surface area contributed by atoms with Gasteiger partial charge in [0.15, 0.2) is 17.7 Å². The normalized spacial score (nSPS) is 10.4. The van der Waals surface area contributed by atoms with Gasteiger partial charge >= 0.3 is 11.9 Å². The summed E-state index contributed by atoms with van der Waals surface area (Å²) in [6.07, 6.45) is -0.740. The largest absolute Gasteiger partial charge is 0.494 e. The van der Waals surface area contributed by atoms with E-state index in [1.165, 1.54) is 27.0 Å². The molecular formula is C24H25FO6. The van der Waals surface area contributed by atoms with Crippen LogP contribution in [0.25, 0.3) is 11.1 Å². The zero-order valence-corrected chi connectivity index (χ0v) is 17.8. The van der Waals surface area contributed by atoms with Crippen LogP contribution in [0.1, 0.15) is 13.8 Å². The van der Waals surface area contributed by atoms with Crippen molar-refractivity contribution in [1.82, 2.24) is 0 Å². The second kappa shape index (κ2) is 11.0. The van der Waals surface area contributed by atoms with Crippen LogP contribution in [-0.4, -0.2) is 38.4 Å². The molecule has 0 heterocycles. The van der Waals surface area contributed by atoms with Crippen LogP contribution >= 0.6 is 0 Å². The van der Waals surface area contributed by atoms with Gasteiger partial charge in [-0.3, -0.25) is 0 Å². The van der Waals surface area contributed by atoms with Gasteiger partial charge in [-0.15, -0.1) is 0 Å². The fourth-order valence-corrected chi connectivity index (χ4v) is 2.46. The van der Waals surface area contributed by atoms with Gasteiger partial charge in [0.05, 0.1) is 7.11 Å². The van der Waals surface area contributed by atoms with Crippen molar-refractivity contribution >= 4 is 11.9 Å². The fraction of sp³-hybridized carbons (Fsp3) is 0.250. The molecule has 2 aromatic rings. The molecule has 0 saturated carbocycles. The number of halogens is 1. The van der Waals surface area contributed by atoms with E-state index in [1.807, 2.05) is 0 Å². The Morgan fingerprint density at radius 1 is 0.903 bits per heavy atom. The predicted molar refractivity (Wildman–Crippen MR) is 114 cm³/mol. The first-order valence-electron chi connectivity index (χ1n) is 9.47. The number of carbonyl (C=O) groups excluding carboxylic acids is 2. The number of methoxy groups -OCH3 is 1. The van der Waals surface area contributed by atoms with Crippen molar-refractivity contribution in [2.24, 2.45) is 0 Å². The lowest BCUT2D eigenvalue weighted by Crippen LogP contribution is -2.31. The van der Waals surface area contributed by atoms with Gasteiger partial charge in [0.25, 0.3) is 0 Å². The molecule has 0 atom stereocenters. The minimum Gasteiger partial charge on any atom is -0.494 e. The highest BCUT2D eigenvalue weighted by molar-refractivity contribution is 5.87. The number of hydrogen-bond donors (Lipinski definition) is 0. The van der Waals surface area contributed by atoms with Gasteiger partial charge in [-0.2, -0.15) is 0 Å². The van der Waals surface area contributed by atoms with E-state index in [9.17, 15) is 14.0 Å². The summed E-state index contributed by atoms with van der Waals surface area (Å²) in [6.45, 7) is 9.83. The molecule has 0 aliphatic heterocycles. The average molecular weight is 428 g/mol. The van der Waals surface area contributed by atoms with Crippen molar-refractivity contribution < 1.29 is 32.9 Å². The summed E-state index contributed by atoms with van der Waals surface area (Å²) in [5.41, 5.74) is 1.93. The zero-order valence-electron chi connectivity index (χ0n) is 17.8. The number of benzene rings is 2. The van der Waals surface area contributed by atoms with Crippen molar-refractivity contribution in [3.8, 4) is 22.6 Å². The van der Waals surface area contributed by atoms with E-state index in [4.69, 9.17) is 18.9 Å². The summed E-state index contributed by atoms with van der Waals surface area (Å²) in [7, 11) is 1.40. The number of hydrogen-bond acceptors (Lipinski definition) is 6. The van der Waals surface area contributed by atoms with Crippen LogP contribution in [0.5, 0.6) is 11.5 Å². The average Bonchev–Trinajstić information content (AvgIpc) is 2.75. The summed E-state index contributed by atoms with van der Waals surface area (Å²) in [5, 5.41) is 0. The van der Waals surface area contributed by atoms with Crippen molar-refractivity contribution in [3.63, 3.8) is 0 Å². The topological polar surface area (TPSA) is 71.1 Å². The Morgan fingerprint density at radius 3 is 1.87 bits per heavy atom. The Morgan fingerprint density at radius 2 is 1.42 bits per heavy atom. The van der Waals surface area contributed by atoms with E-state index in [0.29, 0.717) is 11.3 Å². The van der Waals surface area contributed by atoms with E-state index in [1.54, 1.807) is 36.4 Å². The van der Waals surface area contributed by atoms with Gasteiger partial charge in [-0.1, -0.05) is 31.4 Å². The molecule has 0 aromatic heterocycles. The highest BCUT2D eigenvalue weighted by Crippen LogP contribution is 2.27. The minimum absolute atomic E-state index is 0.138. The lowest BCUT2D eigenvalue weighted by Gasteiger charge is -2.19. The number of ether oxygens (including phenoxy) is 4. The van der Waals surface area contributed by atoms with Gasteiger partial charge < -0.3 is 18.9 Å². The van der Waals surface area contributed by atoms with E-state index in [2.05, 4.69) is 13.2 Å². The quantitative estimate of drug-likeness (QED) is 0.410. The van der Waals surface area contributed by atoms with Crippen molar-refractivity contribution in [3.05, 3.63) is 72.6 Å². The fourth-order valence-electron chi connectivity index (χ4n) is 2.46. The molecule has 7 heteroatoms. The SMILES string of the molecule is C=C(C)C(=O)OCC(COC(=O)C(=C)C)Oc1ccc(-c2ccc(OC)c(F)c2)cc1. The molecular weight excluding hydrogens is 403 g/mol. The lowest BCUT2D eigenvalue weighted by molar-refractivity contribution is -0.146. The molecule has 0 amide bonds. The van der Waals surface area contributed by atoms with Crippen molar-refractivity contribution in [2.75, 3.05) is 20.3 Å². The van der Waals surface area contributed by atoms with Gasteiger partial charge in [0.1, 0.15) is 19.0 Å². The van der Waals surface area contributed by atoms with E-state index in [-0.39, 0.29) is 30.1 Å². The van der Waals surface area contributed by atoms with Crippen LogP contribution in [0.3, 0.4) is 0 Å². The molecule has 2 rings (SSSR count). The minimum atomic E-state index is -0.740. The molecule has 0 unspecified atom stereocenters. The molecule has 0 saturated heterocycles. The molecule has 164 valence electrons. The van der Waals surface area contributed by atoms with Gasteiger partial charge in [-0.05, 0) is 49.2 Å². The zero-order chi connectivity index (χ0) is 23.0. The number of esters is 2. The van der Waals surface area contributed by atoms with Crippen LogP contribution in [0.15, 0.2) is 66.8 Å². The Hall–Kier alpha value is -3.61. The maximum absolute atomic E-state index is 14.0. The molecule has 0 fully saturated rings. The van der Waals surface area contributed by atoms with E-state index >= 15 is 0 Å². The van der Waals surface area contributed by atoms with Gasteiger partial charge in [-0.25, -0.2) is 14.0 Å². The van der Waals surface area contributed by atoms with Crippen LogP contribution < -0.4 is 9.47 Å². The standard InChI is InChI=1S/C24H25FO6/c1-15(2)23(26)29-13-20(14-30-24(27)16(3)4)31-19-9-6-17(7-10-19)18-8-11-22(28-5)21(25)12-18/h6-12,20H,1,3,13-14H2,2,4-5H3. The smallest absolute Gasteiger partial charge is 0.333 e. The number of rotatable bonds is 10. The molecule has 0 radical (unpaired) electrons. The summed E-state index contributed by atoms with van der Waals surface area (Å²) < 4.78 is 35.0. The lowest BCUT2D eigenvalue weighted by atomic mass is 10.1. The first-order valence-corrected chi connectivity index (χ1v) is 9.47. The molecule has 2 aromatic carbocycles. The highest BCUT2D eigenvalue weighted by Gasteiger charge is 2.18. The first kappa shape index (κ1) is 23.7. The maximum Gasteiger partial charge on any atom is 0.333 e. The van der Waals surface area contributed by atoms with Crippen LogP contribution in [-0.2, 0) is 19.1 Å². The predicted octanol–water partition coefficient (Wildman–Crippen LogP) is 4.49. The van der Waals surface area contributed by atoms with E-state index < -0.39 is 23.9 Å². The Balaban J connectivity index is 2.10. The second-order valence-corrected chi connectivity index (χ2v) is 6.87. The molecule has 0 spiro atoms. The molecule has 0 N–H and O–H groups in total. The van der Waals surface area contributed by atoms with Gasteiger partial charge in [0, 0.05) is 11.1 Å². The van der Waals surface area contributed by atoms with Crippen LogP contribution in [0.4, 0.5) is 4.39 Å². The van der Waals surface area contributed by atoms with Crippen molar-refractivity contribution in [1.29, 1.82) is 0 Å². The third kappa shape index (κ3) is 6.99. The monoisotopic (exact) mass is 428 g/mol. The van der Waals surface area contributed by atoms with E-state index in [0.717, 1.165) is 5.56 Å². The first-order chi connectivity index (χ1) is 14.7. The second-order valence-electron chi connectivity index (χ2n) is 6.87. The third-order valence-corrected chi connectivity index (χ3v) is 4.14. The van der Waals surface area contributed by atoms with Crippen LogP contribution in [0, 0.1) is 5.82 Å². The summed E-state index contributed by atoms with van der Waals surface area (Å²) in [6, 6.07) is 11.6. The van der Waals surface area contributed by atoms with Crippen LogP contribution in [0.2, 0.25) is 0 Å². The Kier molecular flexibility index (Phi) is 8.37. The summed E-state index contributed by atoms with van der Waals surface area (Å²) >= 11 is 0. The highest BCUT2D eigenvalue weighted by atomic mass is 19.1. The van der Waals surface area contributed by atoms with Gasteiger partial charge in [0.2, 0.25) is 0 Å². The molecule has 0 aliphatic carbocycles. The Labute approximate surface area is 180 Å². The molecule has 0 aliphatic rings. The summed E-state index contributed by atoms with van der Waals surface area (Å²) in [4.78, 5) is 23.4. The molecule has 31 heavy (non-hydrogen) atoms.